The van der Waals surface area contributed by atoms with E-state index in [0.717, 1.165) is 6.21 Å². The summed E-state index contributed by atoms with van der Waals surface area (Å²) in [4.78, 5) is 0. The lowest BCUT2D eigenvalue weighted by atomic mass is 9.77. The summed E-state index contributed by atoms with van der Waals surface area (Å²) in [6.45, 7) is -2.15. The van der Waals surface area contributed by atoms with E-state index in [2.05, 4.69) is 5.16 Å². The van der Waals surface area contributed by atoms with Crippen LogP contribution in [0.5, 0.6) is 0 Å². The summed E-state index contributed by atoms with van der Waals surface area (Å²) >= 11 is 0. The minimum Gasteiger partial charge on any atom is -0.423 e. The van der Waals surface area contributed by atoms with E-state index in [1.165, 1.54) is 12.1 Å². The van der Waals surface area contributed by atoms with Crippen LogP contribution < -0.4 is 5.46 Å². The lowest BCUT2D eigenvalue weighted by Gasteiger charge is -2.23. The Morgan fingerprint density at radius 2 is 2.12 bits per heavy atom. The fraction of sp³-hybridized carbons (Fsp3) is 0.300. The molecule has 0 bridgehead atoms. The zero-order chi connectivity index (χ0) is 12.5. The van der Waals surface area contributed by atoms with E-state index in [-0.39, 0.29) is 5.56 Å². The van der Waals surface area contributed by atoms with Gasteiger partial charge in [0.2, 0.25) is 0 Å². The lowest BCUT2D eigenvalue weighted by molar-refractivity contribution is 0.0106. The zero-order valence-electron chi connectivity index (χ0n) is 8.81. The van der Waals surface area contributed by atoms with Gasteiger partial charge >= 0.3 is 7.12 Å². The maximum atomic E-state index is 13.0. The van der Waals surface area contributed by atoms with Gasteiger partial charge in [0.15, 0.2) is 0 Å². The van der Waals surface area contributed by atoms with Crippen molar-refractivity contribution in [3.05, 3.63) is 29.3 Å². The number of nitrogens with zero attached hydrogens (tertiary/aromatic N) is 1. The first-order valence-corrected chi connectivity index (χ1v) is 4.96. The van der Waals surface area contributed by atoms with Crippen LogP contribution in [-0.2, 0) is 10.3 Å². The molecule has 1 aliphatic rings. The maximum Gasteiger partial charge on any atom is 0.492 e. The topological polar surface area (TPSA) is 62.1 Å². The van der Waals surface area contributed by atoms with Gasteiger partial charge in [0.1, 0.15) is 19.0 Å². The summed E-state index contributed by atoms with van der Waals surface area (Å²) in [6.07, 6.45) is 1.13. The Kier molecular flexibility index (Phi) is 3.12. The zero-order valence-corrected chi connectivity index (χ0v) is 8.81. The van der Waals surface area contributed by atoms with E-state index in [4.69, 9.17) is 9.86 Å². The highest BCUT2D eigenvalue weighted by Crippen LogP contribution is 2.32. The third kappa shape index (κ3) is 1.81. The summed E-state index contributed by atoms with van der Waals surface area (Å²) in [5, 5.41) is 20.8. The van der Waals surface area contributed by atoms with Crippen LogP contribution in [0.4, 0.5) is 8.78 Å². The highest BCUT2D eigenvalue weighted by Gasteiger charge is 2.47. The quantitative estimate of drug-likeness (QED) is 0.347. The highest BCUT2D eigenvalue weighted by atomic mass is 19.1. The number of hydrogen-bond acceptors (Lipinski definition) is 4. The highest BCUT2D eigenvalue weighted by molar-refractivity contribution is 6.62. The van der Waals surface area contributed by atoms with Gasteiger partial charge in [-0.3, -0.25) is 0 Å². The predicted molar refractivity (Wildman–Crippen MR) is 58.1 cm³/mol. The van der Waals surface area contributed by atoms with Gasteiger partial charge in [0, 0.05) is 0 Å². The first-order valence-electron chi connectivity index (χ1n) is 4.96. The van der Waals surface area contributed by atoms with Crippen LogP contribution in [0.1, 0.15) is 11.1 Å². The number of fused-ring (bicyclic) bond motifs is 1. The van der Waals surface area contributed by atoms with Crippen molar-refractivity contribution in [1.82, 2.24) is 0 Å². The van der Waals surface area contributed by atoms with Crippen LogP contribution in [0.2, 0.25) is 0 Å². The molecule has 1 aliphatic heterocycles. The molecule has 0 saturated heterocycles. The summed E-state index contributed by atoms with van der Waals surface area (Å²) in [6, 6.07) is 4.48. The largest absolute Gasteiger partial charge is 0.492 e. The molecule has 2 N–H and O–H groups in total. The number of rotatable bonds is 3. The van der Waals surface area contributed by atoms with Gasteiger partial charge in [0.05, 0.1) is 6.21 Å². The molecule has 17 heavy (non-hydrogen) atoms. The van der Waals surface area contributed by atoms with Crippen LogP contribution in [0.15, 0.2) is 23.4 Å². The molecular weight excluding hydrogens is 231 g/mol. The molecule has 90 valence electrons. The lowest BCUT2D eigenvalue weighted by Crippen LogP contribution is -2.33. The van der Waals surface area contributed by atoms with E-state index >= 15 is 0 Å². The second-order valence-corrected chi connectivity index (χ2v) is 3.82. The summed E-state index contributed by atoms with van der Waals surface area (Å²) in [5.74, 6) is 0. The van der Waals surface area contributed by atoms with Gasteiger partial charge in [0.25, 0.3) is 0 Å². The molecule has 2 rings (SSSR count). The Balaban J connectivity index is 2.53. The molecule has 0 spiro atoms. The standard InChI is InChI=1S/C10H10BF2NO3/c12-5-10(6-13)8-3-7(4-14-16)1-2-9(8)11(15)17-10/h1-4,15-16H,5-6H2/b14-4+. The van der Waals surface area contributed by atoms with Crippen molar-refractivity contribution in [2.45, 2.75) is 5.60 Å². The van der Waals surface area contributed by atoms with Crippen LogP contribution >= 0.6 is 0 Å². The van der Waals surface area contributed by atoms with Gasteiger partial charge in [-0.25, -0.2) is 8.78 Å². The van der Waals surface area contributed by atoms with Crippen molar-refractivity contribution in [1.29, 1.82) is 0 Å². The molecule has 0 atom stereocenters. The average Bonchev–Trinajstić information content (AvgIpc) is 2.63. The van der Waals surface area contributed by atoms with Gasteiger partial charge in [-0.1, -0.05) is 17.3 Å². The first-order chi connectivity index (χ1) is 8.16. The molecule has 0 aromatic heterocycles. The second-order valence-electron chi connectivity index (χ2n) is 3.82. The minimum atomic E-state index is -1.76. The van der Waals surface area contributed by atoms with Gasteiger partial charge in [-0.15, -0.1) is 0 Å². The van der Waals surface area contributed by atoms with Crippen LogP contribution in [0.3, 0.4) is 0 Å². The van der Waals surface area contributed by atoms with Crippen molar-refractivity contribution in [2.24, 2.45) is 5.16 Å². The van der Waals surface area contributed by atoms with Crippen LogP contribution in [0, 0.1) is 0 Å². The third-order valence-electron chi connectivity index (χ3n) is 2.81. The van der Waals surface area contributed by atoms with Crippen molar-refractivity contribution in [3.8, 4) is 0 Å². The van der Waals surface area contributed by atoms with E-state index < -0.39 is 26.1 Å². The Labute approximate surface area is 96.7 Å². The van der Waals surface area contributed by atoms with Crippen LogP contribution in [0.25, 0.3) is 0 Å². The van der Waals surface area contributed by atoms with E-state index in [0.29, 0.717) is 11.0 Å². The van der Waals surface area contributed by atoms with Gasteiger partial charge in [-0.05, 0) is 22.7 Å². The summed E-state index contributed by atoms with van der Waals surface area (Å²) in [7, 11) is -1.34. The molecule has 4 nitrogen and oxygen atoms in total. The Morgan fingerprint density at radius 3 is 2.71 bits per heavy atom. The Morgan fingerprint density at radius 1 is 1.41 bits per heavy atom. The normalized spacial score (nSPS) is 17.7. The SMILES string of the molecule is O/N=C/c1ccc2c(c1)C(CF)(CF)OB2O. The van der Waals surface area contributed by atoms with Gasteiger partial charge in [-0.2, -0.15) is 0 Å². The molecule has 0 saturated carbocycles. The van der Waals surface area contributed by atoms with Crippen LogP contribution in [-0.4, -0.2) is 36.9 Å². The third-order valence-corrected chi connectivity index (χ3v) is 2.81. The molecule has 0 fully saturated rings. The number of halogens is 2. The molecule has 0 unspecified atom stereocenters. The Hall–Kier alpha value is -1.47. The number of benzene rings is 1. The van der Waals surface area contributed by atoms with Crippen molar-refractivity contribution in [2.75, 3.05) is 13.3 Å². The summed E-state index contributed by atoms with van der Waals surface area (Å²) in [5.41, 5.74) is -0.716. The predicted octanol–water partition coefficient (Wildman–Crippen LogP) is 0.347. The number of alkyl halides is 2. The maximum absolute atomic E-state index is 13.0. The fourth-order valence-electron chi connectivity index (χ4n) is 1.91. The summed E-state index contributed by atoms with van der Waals surface area (Å²) < 4.78 is 30.9. The first kappa shape index (κ1) is 12.0. The molecule has 1 heterocycles. The van der Waals surface area contributed by atoms with E-state index in [9.17, 15) is 13.8 Å². The molecule has 7 heteroatoms. The number of oxime groups is 1. The number of hydrogen-bond donors (Lipinski definition) is 2. The second kappa shape index (κ2) is 4.42. The molecule has 0 amide bonds. The monoisotopic (exact) mass is 241 g/mol. The molecule has 1 aromatic carbocycles. The molecule has 1 aromatic rings. The minimum absolute atomic E-state index is 0.243. The smallest absolute Gasteiger partial charge is 0.423 e. The van der Waals surface area contributed by atoms with Gasteiger partial charge < -0.3 is 14.9 Å². The van der Waals surface area contributed by atoms with Crippen molar-refractivity contribution < 1.29 is 23.7 Å². The van der Waals surface area contributed by atoms with E-state index in [1.807, 2.05) is 0 Å². The fourth-order valence-corrected chi connectivity index (χ4v) is 1.91. The average molecular weight is 241 g/mol. The molecule has 0 radical (unpaired) electrons. The molecular formula is C10H10BF2NO3. The van der Waals surface area contributed by atoms with Crippen molar-refractivity contribution >= 4 is 18.8 Å². The Bertz CT molecular complexity index is 451. The van der Waals surface area contributed by atoms with E-state index in [1.54, 1.807) is 6.07 Å². The molecule has 0 aliphatic carbocycles. The van der Waals surface area contributed by atoms with Crippen molar-refractivity contribution in [3.63, 3.8) is 0 Å².